The topological polar surface area (TPSA) is 33.1 Å². The minimum atomic E-state index is 0.0333. The van der Waals surface area contributed by atoms with Crippen molar-refractivity contribution < 1.29 is 0 Å². The van der Waals surface area contributed by atoms with Crippen LogP contribution in [0.15, 0.2) is 73.1 Å². The van der Waals surface area contributed by atoms with Crippen LogP contribution in [0.1, 0.15) is 30.4 Å². The molecule has 1 aliphatic heterocycles. The standard InChI is InChI=1S/C20H20N4S/c1-2-23-19(18(22-20(23)25)16-11-6-7-13-21-16)17-12-8-14-24(17)15-9-4-3-5-10-15/h3-14,18-19H,2H2,1H3,(H,22,25)/t18-,19+/m0/s1. The summed E-state index contributed by atoms with van der Waals surface area (Å²) in [6.07, 6.45) is 3.94. The molecule has 1 fully saturated rings. The number of para-hydroxylation sites is 1. The number of benzene rings is 1. The summed E-state index contributed by atoms with van der Waals surface area (Å²) in [6, 6.07) is 20.8. The predicted octanol–water partition coefficient (Wildman–Crippen LogP) is 3.86. The van der Waals surface area contributed by atoms with Crippen LogP contribution in [0.25, 0.3) is 5.69 Å². The summed E-state index contributed by atoms with van der Waals surface area (Å²) < 4.78 is 2.24. The Bertz CT molecular complexity index is 860. The molecule has 25 heavy (non-hydrogen) atoms. The molecule has 4 rings (SSSR count). The van der Waals surface area contributed by atoms with Gasteiger partial charge in [-0.25, -0.2) is 0 Å². The lowest BCUT2D eigenvalue weighted by molar-refractivity contribution is 0.321. The van der Waals surface area contributed by atoms with Crippen LogP contribution in [0.2, 0.25) is 0 Å². The Balaban J connectivity index is 1.81. The molecule has 2 aromatic heterocycles. The minimum Gasteiger partial charge on any atom is -0.352 e. The summed E-state index contributed by atoms with van der Waals surface area (Å²) >= 11 is 5.61. The summed E-state index contributed by atoms with van der Waals surface area (Å²) in [4.78, 5) is 6.81. The van der Waals surface area contributed by atoms with Gasteiger partial charge in [-0.1, -0.05) is 24.3 Å². The van der Waals surface area contributed by atoms with E-state index in [1.54, 1.807) is 0 Å². The predicted molar refractivity (Wildman–Crippen MR) is 104 cm³/mol. The smallest absolute Gasteiger partial charge is 0.170 e. The van der Waals surface area contributed by atoms with Crippen LogP contribution in [-0.2, 0) is 0 Å². The van der Waals surface area contributed by atoms with Gasteiger partial charge in [0.1, 0.15) is 0 Å². The molecule has 1 N–H and O–H groups in total. The van der Waals surface area contributed by atoms with E-state index in [2.05, 4.69) is 75.4 Å². The zero-order chi connectivity index (χ0) is 17.2. The van der Waals surface area contributed by atoms with Gasteiger partial charge in [0.15, 0.2) is 5.11 Å². The third-order valence-corrected chi connectivity index (χ3v) is 5.01. The van der Waals surface area contributed by atoms with Crippen LogP contribution in [0.5, 0.6) is 0 Å². The SMILES string of the molecule is CCN1C(=S)N[C@@H](c2ccccn2)[C@H]1c1cccn1-c1ccccc1. The van der Waals surface area contributed by atoms with Gasteiger partial charge in [-0.2, -0.15) is 0 Å². The number of hydrogen-bond donors (Lipinski definition) is 1. The van der Waals surface area contributed by atoms with E-state index in [9.17, 15) is 0 Å². The highest BCUT2D eigenvalue weighted by Gasteiger charge is 2.40. The van der Waals surface area contributed by atoms with E-state index in [1.165, 1.54) is 5.69 Å². The van der Waals surface area contributed by atoms with E-state index in [1.807, 2.05) is 24.4 Å². The maximum absolute atomic E-state index is 5.61. The Morgan fingerprint density at radius 1 is 1.04 bits per heavy atom. The number of rotatable bonds is 4. The Morgan fingerprint density at radius 3 is 2.56 bits per heavy atom. The molecule has 2 atom stereocenters. The zero-order valence-electron chi connectivity index (χ0n) is 14.0. The van der Waals surface area contributed by atoms with Crippen molar-refractivity contribution in [2.24, 2.45) is 0 Å². The molecular formula is C20H20N4S. The molecule has 3 heterocycles. The van der Waals surface area contributed by atoms with Crippen molar-refractivity contribution in [1.82, 2.24) is 19.8 Å². The van der Waals surface area contributed by atoms with Crippen molar-refractivity contribution >= 4 is 17.3 Å². The van der Waals surface area contributed by atoms with E-state index >= 15 is 0 Å². The van der Waals surface area contributed by atoms with E-state index in [0.29, 0.717) is 0 Å². The Hall–Kier alpha value is -2.66. The number of aromatic nitrogens is 2. The highest BCUT2D eigenvalue weighted by molar-refractivity contribution is 7.80. The van der Waals surface area contributed by atoms with Gasteiger partial charge < -0.3 is 14.8 Å². The van der Waals surface area contributed by atoms with Gasteiger partial charge >= 0.3 is 0 Å². The molecule has 1 aliphatic rings. The summed E-state index contributed by atoms with van der Waals surface area (Å²) in [6.45, 7) is 2.98. The first kappa shape index (κ1) is 15.8. The van der Waals surface area contributed by atoms with Crippen molar-refractivity contribution in [2.75, 3.05) is 6.54 Å². The first-order valence-electron chi connectivity index (χ1n) is 8.50. The summed E-state index contributed by atoms with van der Waals surface area (Å²) in [7, 11) is 0. The lowest BCUT2D eigenvalue weighted by Gasteiger charge is -2.27. The van der Waals surface area contributed by atoms with Gasteiger partial charge in [-0.05, 0) is 55.5 Å². The van der Waals surface area contributed by atoms with Gasteiger partial charge in [-0.15, -0.1) is 0 Å². The summed E-state index contributed by atoms with van der Waals surface area (Å²) in [5.41, 5.74) is 3.36. The minimum absolute atomic E-state index is 0.0333. The second kappa shape index (κ2) is 6.69. The van der Waals surface area contributed by atoms with Gasteiger partial charge in [0, 0.05) is 30.3 Å². The largest absolute Gasteiger partial charge is 0.352 e. The molecule has 0 saturated carbocycles. The number of hydrogen-bond acceptors (Lipinski definition) is 2. The highest BCUT2D eigenvalue weighted by atomic mass is 32.1. The van der Waals surface area contributed by atoms with Gasteiger partial charge in [0.05, 0.1) is 17.8 Å². The van der Waals surface area contributed by atoms with Gasteiger partial charge in [0.25, 0.3) is 0 Å². The number of likely N-dealkylation sites (N-methyl/N-ethyl adjacent to an activating group) is 1. The van der Waals surface area contributed by atoms with E-state index < -0.39 is 0 Å². The average molecular weight is 348 g/mol. The van der Waals surface area contributed by atoms with E-state index in [0.717, 1.165) is 23.0 Å². The summed E-state index contributed by atoms with van der Waals surface area (Å²) in [5, 5.41) is 4.25. The summed E-state index contributed by atoms with van der Waals surface area (Å²) in [5.74, 6) is 0. The third kappa shape index (κ3) is 2.81. The zero-order valence-corrected chi connectivity index (χ0v) is 14.9. The lowest BCUT2D eigenvalue weighted by atomic mass is 10.0. The van der Waals surface area contributed by atoms with Crippen LogP contribution < -0.4 is 5.32 Å². The first-order chi connectivity index (χ1) is 12.3. The molecule has 0 bridgehead atoms. The van der Waals surface area contributed by atoms with E-state index in [-0.39, 0.29) is 12.1 Å². The van der Waals surface area contributed by atoms with E-state index in [4.69, 9.17) is 12.2 Å². The second-order valence-electron chi connectivity index (χ2n) is 6.05. The van der Waals surface area contributed by atoms with Crippen molar-refractivity contribution in [3.63, 3.8) is 0 Å². The molecule has 0 radical (unpaired) electrons. The molecular weight excluding hydrogens is 328 g/mol. The van der Waals surface area contributed by atoms with Crippen LogP contribution >= 0.6 is 12.2 Å². The molecule has 1 aromatic carbocycles. The molecule has 0 spiro atoms. The molecule has 0 amide bonds. The molecule has 126 valence electrons. The molecule has 0 aliphatic carbocycles. The number of pyridine rings is 1. The first-order valence-corrected chi connectivity index (χ1v) is 8.91. The fourth-order valence-electron chi connectivity index (χ4n) is 3.53. The monoisotopic (exact) mass is 348 g/mol. The second-order valence-corrected chi connectivity index (χ2v) is 6.44. The van der Waals surface area contributed by atoms with Crippen molar-refractivity contribution in [1.29, 1.82) is 0 Å². The van der Waals surface area contributed by atoms with Crippen molar-refractivity contribution in [2.45, 2.75) is 19.0 Å². The third-order valence-electron chi connectivity index (χ3n) is 4.66. The molecule has 4 nitrogen and oxygen atoms in total. The van der Waals surface area contributed by atoms with Gasteiger partial charge in [0.2, 0.25) is 0 Å². The van der Waals surface area contributed by atoms with Crippen molar-refractivity contribution in [3.8, 4) is 5.69 Å². The van der Waals surface area contributed by atoms with Crippen LogP contribution in [0, 0.1) is 0 Å². The Kier molecular flexibility index (Phi) is 4.24. The molecule has 1 saturated heterocycles. The number of nitrogens with one attached hydrogen (secondary N) is 1. The van der Waals surface area contributed by atoms with Crippen LogP contribution in [0.3, 0.4) is 0 Å². The lowest BCUT2D eigenvalue weighted by Crippen LogP contribution is -2.30. The maximum Gasteiger partial charge on any atom is 0.170 e. The average Bonchev–Trinajstić information content (AvgIpc) is 3.27. The van der Waals surface area contributed by atoms with Crippen LogP contribution in [0.4, 0.5) is 0 Å². The number of thiocarbonyl (C=S) groups is 1. The molecule has 5 heteroatoms. The normalized spacial score (nSPS) is 19.9. The fraction of sp³-hybridized carbons (Fsp3) is 0.200. The quantitative estimate of drug-likeness (QED) is 0.726. The Morgan fingerprint density at radius 2 is 1.84 bits per heavy atom. The molecule has 0 unspecified atom stereocenters. The highest BCUT2D eigenvalue weighted by Crippen LogP contribution is 2.39. The van der Waals surface area contributed by atoms with Crippen molar-refractivity contribution in [3.05, 3.63) is 84.4 Å². The molecule has 3 aromatic rings. The number of nitrogens with zero attached hydrogens (tertiary/aromatic N) is 3. The fourth-order valence-corrected chi connectivity index (χ4v) is 3.90. The van der Waals surface area contributed by atoms with Gasteiger partial charge in [-0.3, -0.25) is 4.98 Å². The van der Waals surface area contributed by atoms with Crippen LogP contribution in [-0.4, -0.2) is 26.1 Å². The maximum atomic E-state index is 5.61. The Labute approximate surface area is 153 Å².